The van der Waals surface area contributed by atoms with Crippen LogP contribution in [0.25, 0.3) is 0 Å². The molecule has 3 heteroatoms. The van der Waals surface area contributed by atoms with Gasteiger partial charge in [0.2, 0.25) is 0 Å². The summed E-state index contributed by atoms with van der Waals surface area (Å²) in [6.07, 6.45) is 7.76. The van der Waals surface area contributed by atoms with Gasteiger partial charge in [-0.25, -0.2) is 0 Å². The van der Waals surface area contributed by atoms with E-state index in [2.05, 4.69) is 37.1 Å². The van der Waals surface area contributed by atoms with Gasteiger partial charge < -0.3 is 0 Å². The molecule has 3 nitrogen and oxygen atoms in total. The maximum Gasteiger partial charge on any atom is 0.121 e. The smallest absolute Gasteiger partial charge is 0.121 e. The van der Waals surface area contributed by atoms with Gasteiger partial charge in [-0.1, -0.05) is 26.7 Å². The molecule has 0 spiro atoms. The van der Waals surface area contributed by atoms with Crippen molar-refractivity contribution in [3.8, 4) is 6.07 Å². The summed E-state index contributed by atoms with van der Waals surface area (Å²) < 4.78 is 0. The lowest BCUT2D eigenvalue weighted by molar-refractivity contribution is 0.176. The molecule has 19 heavy (non-hydrogen) atoms. The van der Waals surface area contributed by atoms with Crippen molar-refractivity contribution in [1.29, 1.82) is 5.26 Å². The molecule has 0 bridgehead atoms. The Balaban J connectivity index is 0.00000180. The number of hydrogen-bond acceptors (Lipinski definition) is 3. The highest BCUT2D eigenvalue weighted by Gasteiger charge is 2.42. The fourth-order valence-electron chi connectivity index (χ4n) is 3.54. The zero-order valence-corrected chi connectivity index (χ0v) is 12.1. The molecule has 2 rings (SSSR count). The normalized spacial score (nSPS) is 29.8. The Morgan fingerprint density at radius 2 is 1.84 bits per heavy atom. The fraction of sp³-hybridized carbons (Fsp3) is 0.938. The van der Waals surface area contributed by atoms with Crippen LogP contribution in [-0.4, -0.2) is 35.1 Å². The van der Waals surface area contributed by atoms with Crippen LogP contribution in [0.15, 0.2) is 0 Å². The first-order valence-electron chi connectivity index (χ1n) is 7.39. The molecule has 0 amide bonds. The van der Waals surface area contributed by atoms with Crippen LogP contribution in [0.4, 0.5) is 0 Å². The van der Waals surface area contributed by atoms with Gasteiger partial charge in [0.15, 0.2) is 0 Å². The summed E-state index contributed by atoms with van der Waals surface area (Å²) in [6.45, 7) is 8.44. The van der Waals surface area contributed by atoms with Crippen molar-refractivity contribution in [2.75, 3.05) is 13.1 Å². The van der Waals surface area contributed by atoms with Gasteiger partial charge in [-0.3, -0.25) is 10.2 Å². The molecule has 1 N–H and O–H groups in total. The lowest BCUT2D eigenvalue weighted by atomic mass is 9.93. The van der Waals surface area contributed by atoms with Gasteiger partial charge in [0.05, 0.1) is 6.07 Å². The molecule has 2 fully saturated rings. The number of nitrogens with one attached hydrogen (secondary N) is 1. The van der Waals surface area contributed by atoms with Crippen molar-refractivity contribution in [2.45, 2.75) is 83.8 Å². The molecule has 0 aromatic heterocycles. The molecule has 1 atom stereocenters. The molecule has 0 aromatic rings. The summed E-state index contributed by atoms with van der Waals surface area (Å²) in [5.41, 5.74) is -0.312. The van der Waals surface area contributed by atoms with Crippen LogP contribution in [0.1, 0.15) is 66.7 Å². The Hall–Kier alpha value is -0.590. The largest absolute Gasteiger partial charge is 0.297 e. The van der Waals surface area contributed by atoms with Gasteiger partial charge in [0, 0.05) is 24.7 Å². The van der Waals surface area contributed by atoms with Gasteiger partial charge in [0.25, 0.3) is 0 Å². The third-order valence-electron chi connectivity index (χ3n) is 4.22. The standard InChI is InChI=1S/C15H27N3.CH4/c1-14(2,3)17-15(11-16)9-10-18(12-15)13-7-5-4-6-8-13;/h13,17H,4-10,12H2,1-3H3;1H4. The number of nitrogens with zero attached hydrogens (tertiary/aromatic N) is 2. The minimum absolute atomic E-state index is 0. The minimum atomic E-state index is -0.324. The Morgan fingerprint density at radius 3 is 2.37 bits per heavy atom. The monoisotopic (exact) mass is 265 g/mol. The molecule has 1 aliphatic carbocycles. The molecule has 1 heterocycles. The van der Waals surface area contributed by atoms with E-state index in [1.54, 1.807) is 0 Å². The summed E-state index contributed by atoms with van der Waals surface area (Å²) in [5, 5.41) is 13.1. The molecule has 2 aliphatic rings. The average Bonchev–Trinajstić information content (AvgIpc) is 2.73. The first-order chi connectivity index (χ1) is 8.44. The molecule has 0 aromatic carbocycles. The second-order valence-corrected chi connectivity index (χ2v) is 7.08. The van der Waals surface area contributed by atoms with Crippen molar-refractivity contribution in [2.24, 2.45) is 0 Å². The lowest BCUT2D eigenvalue weighted by Gasteiger charge is -2.35. The van der Waals surface area contributed by atoms with Gasteiger partial charge in [-0.15, -0.1) is 0 Å². The molecule has 110 valence electrons. The number of hydrogen-bond donors (Lipinski definition) is 1. The van der Waals surface area contributed by atoms with Crippen LogP contribution in [0, 0.1) is 11.3 Å². The Bertz CT molecular complexity index is 320. The highest BCUT2D eigenvalue weighted by molar-refractivity contribution is 5.15. The summed E-state index contributed by atoms with van der Waals surface area (Å²) in [5.74, 6) is 0. The third kappa shape index (κ3) is 4.19. The number of likely N-dealkylation sites (tertiary alicyclic amines) is 1. The van der Waals surface area contributed by atoms with Gasteiger partial charge in [-0.2, -0.15) is 5.26 Å². The van der Waals surface area contributed by atoms with E-state index in [0.29, 0.717) is 0 Å². The highest BCUT2D eigenvalue weighted by Crippen LogP contribution is 2.30. The zero-order chi connectivity index (χ0) is 13.2. The molecule has 0 radical (unpaired) electrons. The lowest BCUT2D eigenvalue weighted by Crippen LogP contribution is -2.55. The summed E-state index contributed by atoms with van der Waals surface area (Å²) in [4.78, 5) is 2.56. The van der Waals surface area contributed by atoms with E-state index in [0.717, 1.165) is 25.6 Å². The van der Waals surface area contributed by atoms with E-state index in [-0.39, 0.29) is 18.5 Å². The Labute approximate surface area is 119 Å². The van der Waals surface area contributed by atoms with Gasteiger partial charge in [0.1, 0.15) is 5.54 Å². The maximum atomic E-state index is 9.56. The first kappa shape index (κ1) is 16.5. The second kappa shape index (κ2) is 6.24. The SMILES string of the molecule is C.CC(C)(C)NC1(C#N)CCN(C2CCCCC2)C1. The Kier molecular flexibility index (Phi) is 5.41. The molecule has 1 saturated heterocycles. The van der Waals surface area contributed by atoms with Gasteiger partial charge in [-0.05, 0) is 40.0 Å². The van der Waals surface area contributed by atoms with Crippen LogP contribution in [0.3, 0.4) is 0 Å². The molecule has 1 aliphatic heterocycles. The van der Waals surface area contributed by atoms with E-state index in [1.807, 2.05) is 0 Å². The Morgan fingerprint density at radius 1 is 1.21 bits per heavy atom. The van der Waals surface area contributed by atoms with Crippen LogP contribution < -0.4 is 5.32 Å². The molecular formula is C16H31N3. The number of rotatable bonds is 2. The van der Waals surface area contributed by atoms with Crippen molar-refractivity contribution in [3.05, 3.63) is 0 Å². The van der Waals surface area contributed by atoms with Crippen molar-refractivity contribution >= 4 is 0 Å². The zero-order valence-electron chi connectivity index (χ0n) is 12.1. The van der Waals surface area contributed by atoms with E-state index in [1.165, 1.54) is 32.1 Å². The van der Waals surface area contributed by atoms with Crippen molar-refractivity contribution in [3.63, 3.8) is 0 Å². The van der Waals surface area contributed by atoms with Crippen LogP contribution >= 0.6 is 0 Å². The first-order valence-corrected chi connectivity index (χ1v) is 7.39. The van der Waals surface area contributed by atoms with Crippen molar-refractivity contribution in [1.82, 2.24) is 10.2 Å². The molecule has 1 unspecified atom stereocenters. The van der Waals surface area contributed by atoms with E-state index >= 15 is 0 Å². The predicted molar refractivity (Wildman–Crippen MR) is 81.0 cm³/mol. The van der Waals surface area contributed by atoms with Crippen molar-refractivity contribution < 1.29 is 0 Å². The third-order valence-corrected chi connectivity index (χ3v) is 4.22. The highest BCUT2D eigenvalue weighted by atomic mass is 15.2. The quantitative estimate of drug-likeness (QED) is 0.832. The average molecular weight is 265 g/mol. The minimum Gasteiger partial charge on any atom is -0.297 e. The van der Waals surface area contributed by atoms with Crippen LogP contribution in [0.2, 0.25) is 0 Å². The summed E-state index contributed by atoms with van der Waals surface area (Å²) in [7, 11) is 0. The van der Waals surface area contributed by atoms with Crippen LogP contribution in [0.5, 0.6) is 0 Å². The van der Waals surface area contributed by atoms with Crippen LogP contribution in [-0.2, 0) is 0 Å². The van der Waals surface area contributed by atoms with E-state index < -0.39 is 0 Å². The molecule has 1 saturated carbocycles. The van der Waals surface area contributed by atoms with E-state index in [9.17, 15) is 5.26 Å². The number of nitriles is 1. The summed E-state index contributed by atoms with van der Waals surface area (Å²) >= 11 is 0. The van der Waals surface area contributed by atoms with E-state index in [4.69, 9.17) is 0 Å². The fourth-order valence-corrected chi connectivity index (χ4v) is 3.54. The van der Waals surface area contributed by atoms with Gasteiger partial charge >= 0.3 is 0 Å². The predicted octanol–water partition coefficient (Wildman–Crippen LogP) is 3.31. The second-order valence-electron chi connectivity index (χ2n) is 7.08. The topological polar surface area (TPSA) is 39.1 Å². The maximum absolute atomic E-state index is 9.56. The summed E-state index contributed by atoms with van der Waals surface area (Å²) in [6, 6.07) is 3.28. The molecular weight excluding hydrogens is 234 g/mol.